The van der Waals surface area contributed by atoms with E-state index in [0.29, 0.717) is 12.8 Å². The zero-order valence-electron chi connectivity index (χ0n) is 11.8. The van der Waals surface area contributed by atoms with Gasteiger partial charge in [0.15, 0.2) is 0 Å². The van der Waals surface area contributed by atoms with E-state index in [1.807, 2.05) is 0 Å². The van der Waals surface area contributed by atoms with Gasteiger partial charge in [0.05, 0.1) is 0 Å². The summed E-state index contributed by atoms with van der Waals surface area (Å²) in [5, 5.41) is 14.6. The molecule has 1 unspecified atom stereocenters. The molecule has 0 radical (unpaired) electrons. The van der Waals surface area contributed by atoms with Crippen molar-refractivity contribution in [1.29, 1.82) is 0 Å². The molecule has 0 fully saturated rings. The second-order valence-electron chi connectivity index (χ2n) is 4.23. The number of carboxylic acid groups (broad SMARTS) is 1. The van der Waals surface area contributed by atoms with Gasteiger partial charge in [0.25, 0.3) is 0 Å². The van der Waals surface area contributed by atoms with Crippen LogP contribution >= 0.6 is 12.4 Å². The molecule has 0 saturated heterocycles. The van der Waals surface area contributed by atoms with Gasteiger partial charge in [-0.2, -0.15) is 13.2 Å². The van der Waals surface area contributed by atoms with Crippen LogP contribution in [0.2, 0.25) is 0 Å². The molecule has 0 aliphatic rings. The van der Waals surface area contributed by atoms with Gasteiger partial charge in [0.2, 0.25) is 5.91 Å². The van der Waals surface area contributed by atoms with Crippen LogP contribution in [0.1, 0.15) is 26.2 Å². The monoisotopic (exact) mass is 349 g/mol. The molecule has 0 bridgehead atoms. The highest BCUT2D eigenvalue weighted by Gasteiger charge is 2.27. The predicted molar refractivity (Wildman–Crippen MR) is 73.8 cm³/mol. The summed E-state index contributed by atoms with van der Waals surface area (Å²) in [7, 11) is 0. The first kappa shape index (κ1) is 22.7. The smallest absolute Gasteiger partial charge is 0.405 e. The molecule has 0 spiro atoms. The topological polar surface area (TPSA) is 108 Å². The molecule has 0 aromatic carbocycles. The van der Waals surface area contributed by atoms with Crippen LogP contribution in [0.15, 0.2) is 0 Å². The Morgan fingerprint density at radius 2 is 1.82 bits per heavy atom. The van der Waals surface area contributed by atoms with E-state index in [1.54, 1.807) is 12.2 Å². The van der Waals surface area contributed by atoms with Crippen molar-refractivity contribution < 1.29 is 32.7 Å². The Labute approximate surface area is 131 Å². The van der Waals surface area contributed by atoms with Crippen LogP contribution in [0.4, 0.5) is 18.0 Å². The van der Waals surface area contributed by atoms with Gasteiger partial charge >= 0.3 is 18.2 Å². The van der Waals surface area contributed by atoms with Gasteiger partial charge in [-0.1, -0.05) is 13.3 Å². The van der Waals surface area contributed by atoms with Crippen molar-refractivity contribution in [2.24, 2.45) is 0 Å². The zero-order valence-corrected chi connectivity index (χ0v) is 12.6. The Balaban J connectivity index is 0. The number of hydrogen-bond donors (Lipinski definition) is 4. The lowest BCUT2D eigenvalue weighted by Crippen LogP contribution is -2.44. The number of carboxylic acids is 1. The summed E-state index contributed by atoms with van der Waals surface area (Å²) in [6.07, 6.45) is -3.78. The third-order valence-electron chi connectivity index (χ3n) is 2.32. The average molecular weight is 350 g/mol. The Bertz CT molecular complexity index is 380. The highest BCUT2D eigenvalue weighted by atomic mass is 35.5. The Morgan fingerprint density at radius 1 is 1.23 bits per heavy atom. The molecule has 4 N–H and O–H groups in total. The molecular formula is C11H19ClF3N3O4. The number of amides is 3. The molecule has 3 amide bonds. The maximum absolute atomic E-state index is 11.8. The number of imide groups is 1. The van der Waals surface area contributed by atoms with Crippen molar-refractivity contribution in [3.63, 3.8) is 0 Å². The summed E-state index contributed by atoms with van der Waals surface area (Å²) >= 11 is 0. The maximum atomic E-state index is 11.8. The van der Waals surface area contributed by atoms with Crippen LogP contribution in [0.25, 0.3) is 0 Å². The Kier molecular flexibility index (Phi) is 11.4. The number of urea groups is 1. The Morgan fingerprint density at radius 3 is 2.27 bits per heavy atom. The molecule has 130 valence electrons. The quantitative estimate of drug-likeness (QED) is 0.523. The van der Waals surface area contributed by atoms with E-state index in [1.165, 1.54) is 5.32 Å². The normalized spacial score (nSPS) is 12.0. The molecule has 7 nitrogen and oxygen atoms in total. The van der Waals surface area contributed by atoms with Gasteiger partial charge in [-0.05, 0) is 6.42 Å². The molecule has 0 saturated carbocycles. The van der Waals surface area contributed by atoms with E-state index in [9.17, 15) is 27.6 Å². The number of alkyl halides is 3. The summed E-state index contributed by atoms with van der Waals surface area (Å²) in [6.45, 7) is 0.257. The lowest BCUT2D eigenvalue weighted by molar-refractivity contribution is -0.139. The third-order valence-corrected chi connectivity index (χ3v) is 2.32. The van der Waals surface area contributed by atoms with Crippen LogP contribution in [0.3, 0.4) is 0 Å². The number of hydrogen-bond acceptors (Lipinski definition) is 4. The van der Waals surface area contributed by atoms with Gasteiger partial charge in [-0.25, -0.2) is 4.79 Å². The van der Waals surface area contributed by atoms with E-state index < -0.39 is 36.7 Å². The molecule has 0 aromatic heterocycles. The first-order chi connectivity index (χ1) is 9.65. The van der Waals surface area contributed by atoms with Crippen LogP contribution < -0.4 is 16.0 Å². The number of nitrogens with one attached hydrogen (secondary N) is 3. The minimum absolute atomic E-state index is 0. The lowest BCUT2D eigenvalue weighted by Gasteiger charge is -2.13. The maximum Gasteiger partial charge on any atom is 0.405 e. The molecule has 22 heavy (non-hydrogen) atoms. The number of rotatable bonds is 8. The van der Waals surface area contributed by atoms with Crippen LogP contribution in [-0.4, -0.2) is 48.3 Å². The number of halogens is 4. The molecule has 0 heterocycles. The van der Waals surface area contributed by atoms with Crippen molar-refractivity contribution in [3.05, 3.63) is 0 Å². The largest absolute Gasteiger partial charge is 0.480 e. The summed E-state index contributed by atoms with van der Waals surface area (Å²) in [5.41, 5.74) is 0. The SMILES string of the molecule is CCCC(NCCC(=O)NC(=O)NCC(F)(F)F)C(=O)O.Cl. The number of carbonyl (C=O) groups excluding carboxylic acids is 2. The van der Waals surface area contributed by atoms with Crippen molar-refractivity contribution >= 4 is 30.3 Å². The van der Waals surface area contributed by atoms with Gasteiger partial charge in [0, 0.05) is 13.0 Å². The molecular weight excluding hydrogens is 331 g/mol. The number of aliphatic carboxylic acids is 1. The molecule has 0 aliphatic carbocycles. The fourth-order valence-electron chi connectivity index (χ4n) is 1.38. The van der Waals surface area contributed by atoms with E-state index >= 15 is 0 Å². The van der Waals surface area contributed by atoms with Crippen LogP contribution in [0.5, 0.6) is 0 Å². The van der Waals surface area contributed by atoms with E-state index in [2.05, 4.69) is 5.32 Å². The van der Waals surface area contributed by atoms with E-state index in [-0.39, 0.29) is 25.4 Å². The van der Waals surface area contributed by atoms with E-state index in [0.717, 1.165) is 0 Å². The van der Waals surface area contributed by atoms with Gasteiger partial charge in [-0.3, -0.25) is 14.9 Å². The second kappa shape index (κ2) is 11.1. The second-order valence-corrected chi connectivity index (χ2v) is 4.23. The molecule has 0 aromatic rings. The average Bonchev–Trinajstić information content (AvgIpc) is 2.34. The fourth-order valence-corrected chi connectivity index (χ4v) is 1.38. The predicted octanol–water partition coefficient (Wildman–Crippen LogP) is 1.03. The van der Waals surface area contributed by atoms with Crippen molar-refractivity contribution in [2.75, 3.05) is 13.1 Å². The van der Waals surface area contributed by atoms with Crippen LogP contribution in [0, 0.1) is 0 Å². The minimum Gasteiger partial charge on any atom is -0.480 e. The molecule has 11 heteroatoms. The van der Waals surface area contributed by atoms with Gasteiger partial charge in [0.1, 0.15) is 12.6 Å². The summed E-state index contributed by atoms with van der Waals surface area (Å²) in [5.74, 6) is -1.86. The first-order valence-corrected chi connectivity index (χ1v) is 6.26. The third kappa shape index (κ3) is 12.2. The summed E-state index contributed by atoms with van der Waals surface area (Å²) < 4.78 is 35.4. The molecule has 0 aliphatic heterocycles. The summed E-state index contributed by atoms with van der Waals surface area (Å²) in [4.78, 5) is 33.0. The highest BCUT2D eigenvalue weighted by Crippen LogP contribution is 2.11. The molecule has 0 rings (SSSR count). The Hall–Kier alpha value is -1.55. The van der Waals surface area contributed by atoms with E-state index in [4.69, 9.17) is 5.11 Å². The lowest BCUT2D eigenvalue weighted by atomic mass is 10.1. The first-order valence-electron chi connectivity index (χ1n) is 6.26. The van der Waals surface area contributed by atoms with Gasteiger partial charge < -0.3 is 15.7 Å². The standard InChI is InChI=1S/C11H18F3N3O4.ClH/c1-2-3-7(9(19)20)15-5-4-8(18)17-10(21)16-6-11(12,13)14;/h7,15H,2-6H2,1H3,(H,19,20)(H2,16,17,18,21);1H. The van der Waals surface area contributed by atoms with Gasteiger partial charge in [-0.15, -0.1) is 12.4 Å². The van der Waals surface area contributed by atoms with Crippen molar-refractivity contribution in [2.45, 2.75) is 38.4 Å². The van der Waals surface area contributed by atoms with Crippen LogP contribution in [-0.2, 0) is 9.59 Å². The molecule has 1 atom stereocenters. The van der Waals surface area contributed by atoms with Crippen molar-refractivity contribution in [1.82, 2.24) is 16.0 Å². The highest BCUT2D eigenvalue weighted by molar-refractivity contribution is 5.94. The summed E-state index contributed by atoms with van der Waals surface area (Å²) in [6, 6.07) is -2.05. The fraction of sp³-hybridized carbons (Fsp3) is 0.727. The minimum atomic E-state index is -4.56. The zero-order chi connectivity index (χ0) is 16.5. The number of carbonyl (C=O) groups is 3. The van der Waals surface area contributed by atoms with Crippen molar-refractivity contribution in [3.8, 4) is 0 Å².